The van der Waals surface area contributed by atoms with E-state index in [4.69, 9.17) is 4.74 Å². The molecule has 7 nitrogen and oxygen atoms in total. The molecule has 1 aromatic heterocycles. The summed E-state index contributed by atoms with van der Waals surface area (Å²) in [4.78, 5) is 15.0. The maximum atomic E-state index is 10.7. The van der Waals surface area contributed by atoms with Crippen molar-refractivity contribution in [3.05, 3.63) is 71.9 Å². The van der Waals surface area contributed by atoms with E-state index in [2.05, 4.69) is 34.8 Å². The molecule has 0 saturated carbocycles. The molecule has 3 N–H and O–H groups in total. The van der Waals surface area contributed by atoms with Crippen molar-refractivity contribution in [3.8, 4) is 11.8 Å². The Morgan fingerprint density at radius 1 is 1.39 bits per heavy atom. The van der Waals surface area contributed by atoms with E-state index in [1.165, 1.54) is 18.3 Å². The highest BCUT2D eigenvalue weighted by molar-refractivity contribution is 5.81. The number of anilines is 2. The van der Waals surface area contributed by atoms with Crippen LogP contribution in [0.3, 0.4) is 0 Å². The molecule has 0 fully saturated rings. The fourth-order valence-electron chi connectivity index (χ4n) is 2.41. The van der Waals surface area contributed by atoms with Crippen molar-refractivity contribution in [2.45, 2.75) is 6.92 Å². The number of pyridine rings is 1. The van der Waals surface area contributed by atoms with E-state index in [9.17, 15) is 15.2 Å². The van der Waals surface area contributed by atoms with E-state index in [0.29, 0.717) is 47.0 Å². The average Bonchev–Trinajstić information content (AvgIpc) is 2.69. The minimum atomic E-state index is 0.135. The van der Waals surface area contributed by atoms with E-state index in [-0.39, 0.29) is 11.4 Å². The van der Waals surface area contributed by atoms with Gasteiger partial charge in [0.15, 0.2) is 0 Å². The molecule has 0 aliphatic heterocycles. The summed E-state index contributed by atoms with van der Waals surface area (Å²) in [6, 6.07) is 8.53. The number of nitrogens with zero attached hydrogens (tertiary/aromatic N) is 2. The molecule has 2 aromatic rings. The normalized spacial score (nSPS) is 10.5. The van der Waals surface area contributed by atoms with E-state index in [1.807, 2.05) is 0 Å². The molecule has 1 amide bonds. The predicted molar refractivity (Wildman–Crippen MR) is 108 cm³/mol. The Morgan fingerprint density at radius 2 is 2.11 bits per heavy atom. The van der Waals surface area contributed by atoms with Crippen molar-refractivity contribution < 1.29 is 14.6 Å². The van der Waals surface area contributed by atoms with Crippen LogP contribution in [0.15, 0.2) is 55.1 Å². The van der Waals surface area contributed by atoms with Crippen LogP contribution >= 0.6 is 0 Å². The Balaban J connectivity index is 2.56. The second kappa shape index (κ2) is 9.59. The molecule has 0 aliphatic carbocycles. The van der Waals surface area contributed by atoms with Gasteiger partial charge in [0, 0.05) is 23.5 Å². The number of rotatable bonds is 9. The van der Waals surface area contributed by atoms with Crippen LogP contribution in [0.5, 0.6) is 5.75 Å². The molecule has 142 valence electrons. The SMILES string of the molecule is C=Cc1c(/C=C(/OCC)C(=C)NC=O)ncc(C#N)c1Nc1ccc(O)cc1. The lowest BCUT2D eigenvalue weighted by Gasteiger charge is -2.15. The standard InChI is InChI=1S/C21H20N4O3/c1-4-18-19(10-20(28-5-2)14(3)24-13-26)23-12-15(11-22)21(18)25-16-6-8-17(27)9-7-16/h4,6-10,12-13,27H,1,3,5H2,2H3,(H,23,25)(H,24,26)/b20-10+. The molecule has 0 spiro atoms. The zero-order valence-corrected chi connectivity index (χ0v) is 15.4. The van der Waals surface area contributed by atoms with E-state index < -0.39 is 0 Å². The third-order valence-corrected chi connectivity index (χ3v) is 3.71. The number of carbonyl (C=O) groups excluding carboxylic acids is 1. The number of hydrogen-bond acceptors (Lipinski definition) is 6. The van der Waals surface area contributed by atoms with Crippen molar-refractivity contribution in [2.24, 2.45) is 0 Å². The first-order valence-corrected chi connectivity index (χ1v) is 8.39. The number of aromatic nitrogens is 1. The zero-order valence-electron chi connectivity index (χ0n) is 15.4. The fraction of sp³-hybridized carbons (Fsp3) is 0.0952. The minimum Gasteiger partial charge on any atom is -0.508 e. The van der Waals surface area contributed by atoms with Crippen molar-refractivity contribution in [1.29, 1.82) is 5.26 Å². The number of ether oxygens (including phenoxy) is 1. The van der Waals surface area contributed by atoms with Gasteiger partial charge in [0.2, 0.25) is 6.41 Å². The van der Waals surface area contributed by atoms with Gasteiger partial charge >= 0.3 is 0 Å². The molecular weight excluding hydrogens is 356 g/mol. The second-order valence-corrected chi connectivity index (χ2v) is 5.52. The smallest absolute Gasteiger partial charge is 0.211 e. The highest BCUT2D eigenvalue weighted by Crippen LogP contribution is 2.30. The minimum absolute atomic E-state index is 0.135. The Kier molecular flexibility index (Phi) is 6.94. The van der Waals surface area contributed by atoms with E-state index >= 15 is 0 Å². The highest BCUT2D eigenvalue weighted by Gasteiger charge is 2.14. The topological polar surface area (TPSA) is 107 Å². The first-order chi connectivity index (χ1) is 13.5. The summed E-state index contributed by atoms with van der Waals surface area (Å²) in [6.07, 6.45) is 5.12. The van der Waals surface area contributed by atoms with Crippen LogP contribution in [0.2, 0.25) is 0 Å². The summed E-state index contributed by atoms with van der Waals surface area (Å²) in [5.74, 6) is 0.474. The Bertz CT molecular complexity index is 957. The van der Waals surface area contributed by atoms with Crippen LogP contribution in [0.25, 0.3) is 12.2 Å². The van der Waals surface area contributed by atoms with Crippen LogP contribution in [0, 0.1) is 11.3 Å². The second-order valence-electron chi connectivity index (χ2n) is 5.52. The largest absolute Gasteiger partial charge is 0.508 e. The van der Waals surface area contributed by atoms with Gasteiger partial charge in [-0.1, -0.05) is 19.2 Å². The van der Waals surface area contributed by atoms with Gasteiger partial charge in [-0.15, -0.1) is 0 Å². The number of phenols is 1. The molecule has 0 unspecified atom stereocenters. The Labute approximate surface area is 163 Å². The fourth-order valence-corrected chi connectivity index (χ4v) is 2.41. The van der Waals surface area contributed by atoms with Gasteiger partial charge in [-0.05, 0) is 31.2 Å². The number of amides is 1. The summed E-state index contributed by atoms with van der Waals surface area (Å²) in [6.45, 7) is 9.76. The molecular formula is C21H20N4O3. The van der Waals surface area contributed by atoms with Crippen LogP contribution in [-0.4, -0.2) is 23.1 Å². The predicted octanol–water partition coefficient (Wildman–Crippen LogP) is 3.68. The molecule has 0 atom stereocenters. The quantitative estimate of drug-likeness (QED) is 0.267. The van der Waals surface area contributed by atoms with Crippen LogP contribution in [-0.2, 0) is 9.53 Å². The van der Waals surface area contributed by atoms with E-state index in [0.717, 1.165) is 0 Å². The maximum Gasteiger partial charge on any atom is 0.211 e. The number of carbonyl (C=O) groups is 1. The highest BCUT2D eigenvalue weighted by atomic mass is 16.5. The van der Waals surface area contributed by atoms with Gasteiger partial charge in [0.05, 0.1) is 29.2 Å². The first-order valence-electron chi connectivity index (χ1n) is 8.39. The number of hydrogen-bond donors (Lipinski definition) is 3. The average molecular weight is 376 g/mol. The van der Waals surface area contributed by atoms with E-state index in [1.54, 1.807) is 31.2 Å². The van der Waals surface area contributed by atoms with Crippen LogP contribution in [0.1, 0.15) is 23.7 Å². The van der Waals surface area contributed by atoms with Gasteiger partial charge < -0.3 is 20.5 Å². The van der Waals surface area contributed by atoms with Gasteiger partial charge in [-0.2, -0.15) is 5.26 Å². The molecule has 2 rings (SSSR count). The molecule has 1 aromatic carbocycles. The summed E-state index contributed by atoms with van der Waals surface area (Å²) < 4.78 is 5.54. The van der Waals surface area contributed by atoms with Gasteiger partial charge in [-0.3, -0.25) is 9.78 Å². The molecule has 0 aliphatic rings. The van der Waals surface area contributed by atoms with Crippen molar-refractivity contribution in [2.75, 3.05) is 11.9 Å². The lowest BCUT2D eigenvalue weighted by molar-refractivity contribution is -0.109. The summed E-state index contributed by atoms with van der Waals surface area (Å²) >= 11 is 0. The van der Waals surface area contributed by atoms with Crippen molar-refractivity contribution in [3.63, 3.8) is 0 Å². The number of phenolic OH excluding ortho intramolecular Hbond substituents is 1. The van der Waals surface area contributed by atoms with Crippen molar-refractivity contribution >= 4 is 29.9 Å². The zero-order chi connectivity index (χ0) is 20.5. The van der Waals surface area contributed by atoms with Crippen molar-refractivity contribution in [1.82, 2.24) is 10.3 Å². The van der Waals surface area contributed by atoms with Crippen LogP contribution < -0.4 is 10.6 Å². The number of benzene rings is 1. The van der Waals surface area contributed by atoms with Crippen LogP contribution in [0.4, 0.5) is 11.4 Å². The third kappa shape index (κ3) is 4.77. The molecule has 1 heterocycles. The summed E-state index contributed by atoms with van der Waals surface area (Å²) in [5.41, 5.74) is 2.84. The summed E-state index contributed by atoms with van der Waals surface area (Å²) in [7, 11) is 0. The van der Waals surface area contributed by atoms with Gasteiger partial charge in [0.25, 0.3) is 0 Å². The molecule has 0 radical (unpaired) electrons. The molecule has 0 saturated heterocycles. The summed E-state index contributed by atoms with van der Waals surface area (Å²) in [5, 5.41) is 24.5. The maximum absolute atomic E-state index is 10.7. The number of nitrogens with one attached hydrogen (secondary N) is 2. The molecule has 0 bridgehead atoms. The molecule has 7 heteroatoms. The van der Waals surface area contributed by atoms with Gasteiger partial charge in [0.1, 0.15) is 17.6 Å². The Morgan fingerprint density at radius 3 is 2.68 bits per heavy atom. The molecule has 28 heavy (non-hydrogen) atoms. The lowest BCUT2D eigenvalue weighted by atomic mass is 10.1. The lowest BCUT2D eigenvalue weighted by Crippen LogP contribution is -2.13. The Hall–Kier alpha value is -4.05. The third-order valence-electron chi connectivity index (χ3n) is 3.71. The monoisotopic (exact) mass is 376 g/mol. The number of nitriles is 1. The van der Waals surface area contributed by atoms with Gasteiger partial charge in [-0.25, -0.2) is 0 Å². The number of aromatic hydroxyl groups is 1. The first kappa shape index (κ1) is 20.3.